The van der Waals surface area contributed by atoms with Crippen LogP contribution in [0.1, 0.15) is 50.7 Å². The van der Waals surface area contributed by atoms with Gasteiger partial charge in [-0.3, -0.25) is 0 Å². The van der Waals surface area contributed by atoms with Crippen molar-refractivity contribution < 1.29 is 0 Å². The van der Waals surface area contributed by atoms with Gasteiger partial charge in [-0.05, 0) is 43.0 Å². The van der Waals surface area contributed by atoms with Crippen LogP contribution in [0, 0.1) is 6.92 Å². The van der Waals surface area contributed by atoms with E-state index in [0.29, 0.717) is 6.04 Å². The third kappa shape index (κ3) is 4.03. The molecule has 1 aliphatic rings. The van der Waals surface area contributed by atoms with Crippen molar-refractivity contribution in [3.05, 3.63) is 29.3 Å². The molecule has 1 saturated carbocycles. The predicted octanol–water partition coefficient (Wildman–Crippen LogP) is 4.53. The second-order valence-corrected chi connectivity index (χ2v) is 7.02. The van der Waals surface area contributed by atoms with Crippen LogP contribution in [0.2, 0.25) is 0 Å². The van der Waals surface area contributed by atoms with Gasteiger partial charge in [-0.1, -0.05) is 32.8 Å². The maximum atomic E-state index is 3.49. The Balaban J connectivity index is 1.95. The highest BCUT2D eigenvalue weighted by Crippen LogP contribution is 2.35. The summed E-state index contributed by atoms with van der Waals surface area (Å²) in [6.07, 6.45) is 5.65. The molecule has 0 spiro atoms. The number of benzene rings is 1. The monoisotopic (exact) mass is 263 g/mol. The summed E-state index contributed by atoms with van der Waals surface area (Å²) in [4.78, 5) is 1.45. The first kappa shape index (κ1) is 14.0. The van der Waals surface area contributed by atoms with E-state index in [-0.39, 0.29) is 0 Å². The summed E-state index contributed by atoms with van der Waals surface area (Å²) in [6.45, 7) is 7.60. The van der Waals surface area contributed by atoms with Gasteiger partial charge >= 0.3 is 0 Å². The number of rotatable bonds is 5. The lowest BCUT2D eigenvalue weighted by Crippen LogP contribution is -2.22. The molecular weight excluding hydrogens is 238 g/mol. The highest BCUT2D eigenvalue weighted by Gasteiger charge is 2.16. The molecule has 1 aromatic rings. The molecule has 0 aromatic heterocycles. The minimum atomic E-state index is 0.553. The molecule has 0 amide bonds. The fourth-order valence-electron chi connectivity index (χ4n) is 2.45. The summed E-state index contributed by atoms with van der Waals surface area (Å²) >= 11 is 2.08. The molecule has 0 atom stereocenters. The second kappa shape index (κ2) is 6.63. The molecule has 0 saturated heterocycles. The Morgan fingerprint density at radius 3 is 2.61 bits per heavy atom. The molecule has 2 rings (SSSR count). The average Bonchev–Trinajstić information content (AvgIpc) is 2.80. The topological polar surface area (TPSA) is 12.0 Å². The zero-order chi connectivity index (χ0) is 13.0. The second-order valence-electron chi connectivity index (χ2n) is 5.65. The van der Waals surface area contributed by atoms with Crippen LogP contribution in [-0.2, 0) is 6.54 Å². The first-order valence-electron chi connectivity index (χ1n) is 7.14. The summed E-state index contributed by atoms with van der Waals surface area (Å²) in [5, 5.41) is 4.35. The lowest BCUT2D eigenvalue weighted by atomic mass is 10.1. The van der Waals surface area contributed by atoms with Gasteiger partial charge in [-0.25, -0.2) is 0 Å². The van der Waals surface area contributed by atoms with E-state index in [1.807, 2.05) is 0 Å². The first-order valence-corrected chi connectivity index (χ1v) is 8.02. The minimum Gasteiger partial charge on any atom is -0.310 e. The van der Waals surface area contributed by atoms with Crippen LogP contribution in [0.4, 0.5) is 0 Å². The van der Waals surface area contributed by atoms with Crippen molar-refractivity contribution in [1.29, 1.82) is 0 Å². The van der Waals surface area contributed by atoms with Gasteiger partial charge in [0, 0.05) is 22.7 Å². The number of aryl methyl sites for hydroxylation is 1. The Hall–Kier alpha value is -0.470. The third-order valence-electron chi connectivity index (χ3n) is 3.62. The molecule has 0 radical (unpaired) electrons. The van der Waals surface area contributed by atoms with Gasteiger partial charge in [0.1, 0.15) is 0 Å². The first-order chi connectivity index (χ1) is 8.65. The van der Waals surface area contributed by atoms with E-state index >= 15 is 0 Å². The van der Waals surface area contributed by atoms with Gasteiger partial charge in [0.2, 0.25) is 0 Å². The molecule has 1 nitrogen and oxygen atoms in total. The molecular formula is C16H25NS. The molecule has 1 aromatic carbocycles. The maximum absolute atomic E-state index is 3.49. The molecule has 100 valence electrons. The van der Waals surface area contributed by atoms with Crippen LogP contribution in [0.15, 0.2) is 23.1 Å². The zero-order valence-electron chi connectivity index (χ0n) is 11.8. The highest BCUT2D eigenvalue weighted by atomic mass is 32.2. The Labute approximate surface area is 116 Å². The lowest BCUT2D eigenvalue weighted by Gasteiger charge is -2.13. The molecule has 2 heteroatoms. The fraction of sp³-hybridized carbons (Fsp3) is 0.625. The largest absolute Gasteiger partial charge is 0.310 e. The zero-order valence-corrected chi connectivity index (χ0v) is 12.6. The molecule has 1 fully saturated rings. The van der Waals surface area contributed by atoms with Crippen LogP contribution in [0.25, 0.3) is 0 Å². The lowest BCUT2D eigenvalue weighted by molar-refractivity contribution is 0.587. The average molecular weight is 263 g/mol. The van der Waals surface area contributed by atoms with Gasteiger partial charge < -0.3 is 5.32 Å². The van der Waals surface area contributed by atoms with Crippen molar-refractivity contribution in [3.8, 4) is 0 Å². The SMILES string of the molecule is Cc1cc(SC2CCCC2)ccc1CNC(C)C. The number of thioether (sulfide) groups is 1. The van der Waals surface area contributed by atoms with Crippen molar-refractivity contribution >= 4 is 11.8 Å². The molecule has 0 bridgehead atoms. The van der Waals surface area contributed by atoms with E-state index in [1.54, 1.807) is 0 Å². The van der Waals surface area contributed by atoms with Gasteiger partial charge in [-0.2, -0.15) is 0 Å². The van der Waals surface area contributed by atoms with Gasteiger partial charge in [-0.15, -0.1) is 11.8 Å². The van der Waals surface area contributed by atoms with Crippen LogP contribution in [0.5, 0.6) is 0 Å². The van der Waals surface area contributed by atoms with Crippen LogP contribution < -0.4 is 5.32 Å². The summed E-state index contributed by atoms with van der Waals surface area (Å²) in [7, 11) is 0. The van der Waals surface area contributed by atoms with Crippen molar-refractivity contribution in [2.45, 2.75) is 69.2 Å². The Morgan fingerprint density at radius 2 is 2.00 bits per heavy atom. The Morgan fingerprint density at radius 1 is 1.28 bits per heavy atom. The number of nitrogens with one attached hydrogen (secondary N) is 1. The normalized spacial score (nSPS) is 16.7. The fourth-order valence-corrected chi connectivity index (χ4v) is 3.80. The molecule has 1 aliphatic carbocycles. The summed E-state index contributed by atoms with van der Waals surface area (Å²) in [5.74, 6) is 0. The van der Waals surface area contributed by atoms with Crippen molar-refractivity contribution in [2.75, 3.05) is 0 Å². The van der Waals surface area contributed by atoms with E-state index in [4.69, 9.17) is 0 Å². The van der Waals surface area contributed by atoms with Crippen molar-refractivity contribution in [2.24, 2.45) is 0 Å². The highest BCUT2D eigenvalue weighted by molar-refractivity contribution is 8.00. The Kier molecular flexibility index (Phi) is 5.13. The third-order valence-corrected chi connectivity index (χ3v) is 4.95. The van der Waals surface area contributed by atoms with E-state index in [2.05, 4.69) is 56.0 Å². The maximum Gasteiger partial charge on any atom is 0.0210 e. The molecule has 0 heterocycles. The van der Waals surface area contributed by atoms with Crippen LogP contribution in [-0.4, -0.2) is 11.3 Å². The summed E-state index contributed by atoms with van der Waals surface area (Å²) in [6, 6.07) is 7.51. The van der Waals surface area contributed by atoms with Gasteiger partial charge in [0.05, 0.1) is 0 Å². The minimum absolute atomic E-state index is 0.553. The number of hydrogen-bond donors (Lipinski definition) is 1. The Bertz CT molecular complexity index is 381. The van der Waals surface area contributed by atoms with Crippen molar-refractivity contribution in [1.82, 2.24) is 5.32 Å². The van der Waals surface area contributed by atoms with Crippen LogP contribution in [0.3, 0.4) is 0 Å². The molecule has 0 unspecified atom stereocenters. The van der Waals surface area contributed by atoms with E-state index in [0.717, 1.165) is 11.8 Å². The summed E-state index contributed by atoms with van der Waals surface area (Å²) in [5.41, 5.74) is 2.85. The smallest absolute Gasteiger partial charge is 0.0210 e. The van der Waals surface area contributed by atoms with E-state index in [1.165, 1.54) is 41.7 Å². The standard InChI is InChI=1S/C16H25NS/c1-12(2)17-11-14-8-9-16(10-13(14)3)18-15-6-4-5-7-15/h8-10,12,15,17H,4-7,11H2,1-3H3. The van der Waals surface area contributed by atoms with E-state index in [9.17, 15) is 0 Å². The van der Waals surface area contributed by atoms with Gasteiger partial charge in [0.25, 0.3) is 0 Å². The predicted molar refractivity (Wildman–Crippen MR) is 81.3 cm³/mol. The van der Waals surface area contributed by atoms with Gasteiger partial charge in [0.15, 0.2) is 0 Å². The molecule has 18 heavy (non-hydrogen) atoms. The van der Waals surface area contributed by atoms with Crippen molar-refractivity contribution in [3.63, 3.8) is 0 Å². The summed E-state index contributed by atoms with van der Waals surface area (Å²) < 4.78 is 0. The molecule has 0 aliphatic heterocycles. The number of hydrogen-bond acceptors (Lipinski definition) is 2. The quantitative estimate of drug-likeness (QED) is 0.837. The van der Waals surface area contributed by atoms with E-state index < -0.39 is 0 Å². The molecule has 1 N–H and O–H groups in total. The van der Waals surface area contributed by atoms with Crippen LogP contribution >= 0.6 is 11.8 Å².